The number of nitrogens with zero attached hydrogens (tertiary/aromatic N) is 2. The molecule has 1 aromatic heterocycles. The van der Waals surface area contributed by atoms with Crippen molar-refractivity contribution in [1.82, 2.24) is 9.97 Å². The molecule has 0 radical (unpaired) electrons. The first-order chi connectivity index (χ1) is 6.58. The van der Waals surface area contributed by atoms with Crippen molar-refractivity contribution < 1.29 is 0 Å². The fourth-order valence-electron chi connectivity index (χ4n) is 1.19. The van der Waals surface area contributed by atoms with Gasteiger partial charge in [-0.2, -0.15) is 0 Å². The fraction of sp³-hybridized carbons (Fsp3) is 0.600. The van der Waals surface area contributed by atoms with E-state index in [1.165, 1.54) is 0 Å². The van der Waals surface area contributed by atoms with Crippen LogP contribution < -0.4 is 5.73 Å². The summed E-state index contributed by atoms with van der Waals surface area (Å²) in [6.07, 6.45) is 4.67. The Morgan fingerprint density at radius 3 is 2.43 bits per heavy atom. The van der Waals surface area contributed by atoms with Crippen molar-refractivity contribution in [3.63, 3.8) is 0 Å². The van der Waals surface area contributed by atoms with E-state index in [0.717, 1.165) is 17.1 Å². The van der Waals surface area contributed by atoms with E-state index in [4.69, 9.17) is 5.73 Å². The average molecular weight is 211 g/mol. The molecule has 0 bridgehead atoms. The van der Waals surface area contributed by atoms with Crippen LogP contribution in [0.4, 0.5) is 0 Å². The maximum absolute atomic E-state index is 5.72. The molecule has 1 heterocycles. The van der Waals surface area contributed by atoms with Crippen LogP contribution in [0.25, 0.3) is 0 Å². The van der Waals surface area contributed by atoms with E-state index in [1.54, 1.807) is 11.8 Å². The van der Waals surface area contributed by atoms with Crippen LogP contribution in [0.1, 0.15) is 25.8 Å². The predicted molar refractivity (Wildman–Crippen MR) is 60.4 cm³/mol. The molecule has 0 amide bonds. The highest BCUT2D eigenvalue weighted by Gasteiger charge is 2.08. The highest BCUT2D eigenvalue weighted by atomic mass is 32.2. The molecule has 0 aliphatic heterocycles. The first-order valence-electron chi connectivity index (χ1n) is 4.79. The molecule has 14 heavy (non-hydrogen) atoms. The molecule has 0 spiro atoms. The van der Waals surface area contributed by atoms with E-state index in [9.17, 15) is 0 Å². The summed E-state index contributed by atoms with van der Waals surface area (Å²) in [6.45, 7) is 6.16. The van der Waals surface area contributed by atoms with Crippen LogP contribution in [-0.2, 0) is 0 Å². The van der Waals surface area contributed by atoms with E-state index >= 15 is 0 Å². The molecule has 0 aliphatic carbocycles. The molecule has 0 aromatic carbocycles. The molecule has 2 N–H and O–H groups in total. The molecule has 1 rings (SSSR count). The molecule has 0 saturated heterocycles. The van der Waals surface area contributed by atoms with Gasteiger partial charge in [-0.25, -0.2) is 9.97 Å². The van der Waals surface area contributed by atoms with Gasteiger partial charge < -0.3 is 5.73 Å². The van der Waals surface area contributed by atoms with Gasteiger partial charge in [-0.05, 0) is 25.8 Å². The minimum atomic E-state index is 0.239. The minimum absolute atomic E-state index is 0.239. The lowest BCUT2D eigenvalue weighted by molar-refractivity contribution is 0.661. The highest BCUT2D eigenvalue weighted by molar-refractivity contribution is 7.99. The summed E-state index contributed by atoms with van der Waals surface area (Å²) >= 11 is 1.68. The molecule has 4 heteroatoms. The third kappa shape index (κ3) is 4.07. The zero-order valence-electron chi connectivity index (χ0n) is 8.90. The Kier molecular flexibility index (Phi) is 4.35. The normalized spacial score (nSPS) is 15.1. The van der Waals surface area contributed by atoms with Gasteiger partial charge in [0, 0.05) is 23.7 Å². The largest absolute Gasteiger partial charge is 0.328 e. The van der Waals surface area contributed by atoms with Crippen LogP contribution in [-0.4, -0.2) is 21.3 Å². The van der Waals surface area contributed by atoms with Crippen molar-refractivity contribution in [2.24, 2.45) is 5.73 Å². The zero-order chi connectivity index (χ0) is 10.6. The summed E-state index contributed by atoms with van der Waals surface area (Å²) in [4.78, 5) is 8.47. The van der Waals surface area contributed by atoms with E-state index in [0.29, 0.717) is 5.25 Å². The SMILES string of the molecule is Cc1cnc(SC(C)CC(C)N)nc1. The minimum Gasteiger partial charge on any atom is -0.328 e. The molecule has 3 nitrogen and oxygen atoms in total. The third-order valence-corrected chi connectivity index (χ3v) is 2.78. The zero-order valence-corrected chi connectivity index (χ0v) is 9.71. The summed E-state index contributed by atoms with van der Waals surface area (Å²) in [7, 11) is 0. The Balaban J connectivity index is 2.47. The van der Waals surface area contributed by atoms with E-state index in [1.807, 2.05) is 26.2 Å². The fourth-order valence-corrected chi connectivity index (χ4v) is 2.18. The second-order valence-electron chi connectivity index (χ2n) is 3.68. The van der Waals surface area contributed by atoms with Gasteiger partial charge in [0.2, 0.25) is 0 Å². The quantitative estimate of drug-likeness (QED) is 0.611. The van der Waals surface area contributed by atoms with E-state index in [2.05, 4.69) is 16.9 Å². The molecule has 78 valence electrons. The van der Waals surface area contributed by atoms with Crippen LogP contribution in [0.15, 0.2) is 17.6 Å². The first-order valence-corrected chi connectivity index (χ1v) is 5.66. The van der Waals surface area contributed by atoms with Gasteiger partial charge >= 0.3 is 0 Å². The molecular weight excluding hydrogens is 194 g/mol. The van der Waals surface area contributed by atoms with Crippen LogP contribution in [0.3, 0.4) is 0 Å². The second-order valence-corrected chi connectivity index (χ2v) is 5.09. The standard InChI is InChI=1S/C10H17N3S/c1-7-5-12-10(13-6-7)14-9(3)4-8(2)11/h5-6,8-9H,4,11H2,1-3H3. The Hall–Kier alpha value is -0.610. The van der Waals surface area contributed by atoms with Gasteiger partial charge in [0.25, 0.3) is 0 Å². The van der Waals surface area contributed by atoms with Crippen molar-refractivity contribution in [2.75, 3.05) is 0 Å². The van der Waals surface area contributed by atoms with Crippen molar-refractivity contribution in [1.29, 1.82) is 0 Å². The van der Waals surface area contributed by atoms with E-state index in [-0.39, 0.29) is 6.04 Å². The number of hydrogen-bond acceptors (Lipinski definition) is 4. The van der Waals surface area contributed by atoms with Gasteiger partial charge in [-0.15, -0.1) is 0 Å². The summed E-state index contributed by atoms with van der Waals surface area (Å²) in [5.41, 5.74) is 6.81. The monoisotopic (exact) mass is 211 g/mol. The molecular formula is C10H17N3S. The molecule has 1 aromatic rings. The van der Waals surface area contributed by atoms with Gasteiger partial charge in [-0.3, -0.25) is 0 Å². The average Bonchev–Trinajstić information content (AvgIpc) is 2.07. The number of aryl methyl sites for hydroxylation is 1. The number of rotatable bonds is 4. The van der Waals surface area contributed by atoms with Gasteiger partial charge in [0.05, 0.1) is 0 Å². The van der Waals surface area contributed by atoms with E-state index < -0.39 is 0 Å². The van der Waals surface area contributed by atoms with Crippen molar-refractivity contribution in [3.8, 4) is 0 Å². The summed E-state index contributed by atoms with van der Waals surface area (Å²) in [6, 6.07) is 0.239. The number of aromatic nitrogens is 2. The van der Waals surface area contributed by atoms with Crippen molar-refractivity contribution in [2.45, 2.75) is 43.6 Å². The number of thioether (sulfide) groups is 1. The topological polar surface area (TPSA) is 51.8 Å². The molecule has 0 fully saturated rings. The molecule has 0 aliphatic rings. The van der Waals surface area contributed by atoms with Crippen LogP contribution >= 0.6 is 11.8 Å². The molecule has 2 unspecified atom stereocenters. The maximum atomic E-state index is 5.72. The Morgan fingerprint density at radius 1 is 1.36 bits per heavy atom. The van der Waals surface area contributed by atoms with Crippen LogP contribution in [0.5, 0.6) is 0 Å². The van der Waals surface area contributed by atoms with Gasteiger partial charge in [-0.1, -0.05) is 18.7 Å². The Morgan fingerprint density at radius 2 is 1.93 bits per heavy atom. The maximum Gasteiger partial charge on any atom is 0.187 e. The third-order valence-electron chi connectivity index (χ3n) is 1.77. The van der Waals surface area contributed by atoms with Gasteiger partial charge in [0.1, 0.15) is 0 Å². The van der Waals surface area contributed by atoms with Crippen LogP contribution in [0, 0.1) is 6.92 Å². The Bertz CT molecular complexity index is 271. The molecule has 2 atom stereocenters. The van der Waals surface area contributed by atoms with Crippen LogP contribution in [0.2, 0.25) is 0 Å². The lowest BCUT2D eigenvalue weighted by Crippen LogP contribution is -2.19. The van der Waals surface area contributed by atoms with Crippen molar-refractivity contribution in [3.05, 3.63) is 18.0 Å². The van der Waals surface area contributed by atoms with Crippen molar-refractivity contribution >= 4 is 11.8 Å². The Labute approximate surface area is 89.5 Å². The lowest BCUT2D eigenvalue weighted by atomic mass is 10.2. The smallest absolute Gasteiger partial charge is 0.187 e. The molecule has 0 saturated carbocycles. The second kappa shape index (κ2) is 5.32. The van der Waals surface area contributed by atoms with Gasteiger partial charge in [0.15, 0.2) is 5.16 Å². The first kappa shape index (κ1) is 11.5. The predicted octanol–water partition coefficient (Wildman–Crippen LogP) is 2.00. The number of nitrogens with two attached hydrogens (primary N) is 1. The summed E-state index contributed by atoms with van der Waals surface area (Å²) in [5, 5.41) is 1.31. The highest BCUT2D eigenvalue weighted by Crippen LogP contribution is 2.21. The lowest BCUT2D eigenvalue weighted by Gasteiger charge is -2.11. The summed E-state index contributed by atoms with van der Waals surface area (Å²) < 4.78 is 0. The number of hydrogen-bond donors (Lipinski definition) is 1. The summed E-state index contributed by atoms with van der Waals surface area (Å²) in [5.74, 6) is 0.